The second kappa shape index (κ2) is 8.50. The van der Waals surface area contributed by atoms with Gasteiger partial charge in [-0.1, -0.05) is 32.6 Å². The van der Waals surface area contributed by atoms with Gasteiger partial charge >= 0.3 is 0 Å². The summed E-state index contributed by atoms with van der Waals surface area (Å²) in [5.74, 6) is 0. The predicted octanol–water partition coefficient (Wildman–Crippen LogP) is 3.39. The number of aromatic nitrogens is 1. The lowest BCUT2D eigenvalue weighted by atomic mass is 9.87. The minimum absolute atomic E-state index is 0.250. The molecule has 1 saturated carbocycles. The van der Waals surface area contributed by atoms with Gasteiger partial charge in [0.2, 0.25) is 0 Å². The zero-order valence-corrected chi connectivity index (χ0v) is 13.6. The number of rotatable bonds is 7. The van der Waals surface area contributed by atoms with Gasteiger partial charge < -0.3 is 5.73 Å². The van der Waals surface area contributed by atoms with Gasteiger partial charge in [-0.25, -0.2) is 0 Å². The maximum absolute atomic E-state index is 6.26. The smallest absolute Gasteiger partial charge is 0.0331 e. The van der Waals surface area contributed by atoms with Crippen LogP contribution < -0.4 is 5.73 Å². The summed E-state index contributed by atoms with van der Waals surface area (Å²) in [6.45, 7) is 5.38. The van der Waals surface area contributed by atoms with Gasteiger partial charge in [0.05, 0.1) is 0 Å². The van der Waals surface area contributed by atoms with Gasteiger partial charge in [0.25, 0.3) is 0 Å². The molecule has 2 rings (SSSR count). The van der Waals surface area contributed by atoms with E-state index in [9.17, 15) is 0 Å². The van der Waals surface area contributed by atoms with Gasteiger partial charge in [-0.2, -0.15) is 0 Å². The molecule has 1 heterocycles. The lowest BCUT2D eigenvalue weighted by Gasteiger charge is -2.43. The Balaban J connectivity index is 2.04. The third-order valence-electron chi connectivity index (χ3n) is 5.00. The van der Waals surface area contributed by atoms with Crippen LogP contribution in [0.5, 0.6) is 0 Å². The number of pyridine rings is 1. The lowest BCUT2D eigenvalue weighted by molar-refractivity contribution is 0.0787. The molecule has 1 aromatic rings. The Hall–Kier alpha value is -0.930. The van der Waals surface area contributed by atoms with Crippen LogP contribution in [0.4, 0.5) is 0 Å². The van der Waals surface area contributed by atoms with Crippen LogP contribution in [0.15, 0.2) is 24.5 Å². The maximum Gasteiger partial charge on any atom is 0.0331 e. The summed E-state index contributed by atoms with van der Waals surface area (Å²) < 4.78 is 0. The van der Waals surface area contributed by atoms with Gasteiger partial charge in [0, 0.05) is 31.0 Å². The van der Waals surface area contributed by atoms with Crippen LogP contribution in [-0.4, -0.2) is 35.1 Å². The molecule has 0 unspecified atom stereocenters. The third-order valence-corrected chi connectivity index (χ3v) is 5.00. The van der Waals surface area contributed by atoms with Crippen LogP contribution in [-0.2, 0) is 6.42 Å². The maximum atomic E-state index is 6.26. The normalized spacial score (nSPS) is 18.6. The van der Waals surface area contributed by atoms with Crippen molar-refractivity contribution in [2.45, 2.75) is 63.8 Å². The van der Waals surface area contributed by atoms with Crippen LogP contribution in [0.3, 0.4) is 0 Å². The van der Waals surface area contributed by atoms with E-state index in [1.165, 1.54) is 57.1 Å². The molecule has 0 aromatic carbocycles. The Bertz CT molecular complexity index is 383. The minimum atomic E-state index is 0.250. The average Bonchev–Trinajstić information content (AvgIpc) is 2.79. The Morgan fingerprint density at radius 1 is 1.10 bits per heavy atom. The summed E-state index contributed by atoms with van der Waals surface area (Å²) in [4.78, 5) is 6.80. The van der Waals surface area contributed by atoms with Gasteiger partial charge in [0.15, 0.2) is 0 Å². The first-order valence-electron chi connectivity index (χ1n) is 8.65. The van der Waals surface area contributed by atoms with E-state index >= 15 is 0 Å². The Kier molecular flexibility index (Phi) is 6.65. The first-order chi connectivity index (χ1) is 10.3. The molecule has 3 heteroatoms. The van der Waals surface area contributed by atoms with Crippen LogP contribution in [0.25, 0.3) is 0 Å². The molecule has 1 fully saturated rings. The molecule has 21 heavy (non-hydrogen) atoms. The average molecular weight is 289 g/mol. The molecule has 0 radical (unpaired) electrons. The molecule has 2 N–H and O–H groups in total. The molecule has 1 aliphatic rings. The highest BCUT2D eigenvalue weighted by Gasteiger charge is 2.34. The summed E-state index contributed by atoms with van der Waals surface area (Å²) in [5, 5.41) is 0. The highest BCUT2D eigenvalue weighted by atomic mass is 15.2. The summed E-state index contributed by atoms with van der Waals surface area (Å²) in [7, 11) is 0. The van der Waals surface area contributed by atoms with Crippen molar-refractivity contribution in [2.24, 2.45) is 5.73 Å². The van der Waals surface area contributed by atoms with Gasteiger partial charge in [-0.15, -0.1) is 0 Å². The molecule has 0 atom stereocenters. The van der Waals surface area contributed by atoms with Crippen molar-refractivity contribution in [3.63, 3.8) is 0 Å². The summed E-state index contributed by atoms with van der Waals surface area (Å²) >= 11 is 0. The summed E-state index contributed by atoms with van der Waals surface area (Å²) in [5.41, 5.74) is 7.89. The summed E-state index contributed by atoms with van der Waals surface area (Å²) in [6, 6.07) is 4.26. The van der Waals surface area contributed by atoms with Crippen molar-refractivity contribution in [2.75, 3.05) is 19.6 Å². The van der Waals surface area contributed by atoms with Crippen molar-refractivity contribution in [1.29, 1.82) is 0 Å². The standard InChI is InChI=1S/C18H31N3/c1-2-14-21(15-9-17-7-12-20-13-8-17)18(16-19)10-5-3-4-6-11-18/h7-8,12-13H,2-6,9-11,14-16,19H2,1H3. The van der Waals surface area contributed by atoms with E-state index in [0.29, 0.717) is 0 Å². The van der Waals surface area contributed by atoms with E-state index in [0.717, 1.165) is 19.5 Å². The number of nitrogens with two attached hydrogens (primary N) is 1. The fourth-order valence-electron chi connectivity index (χ4n) is 3.71. The van der Waals surface area contributed by atoms with Crippen LogP contribution in [0.2, 0.25) is 0 Å². The van der Waals surface area contributed by atoms with Gasteiger partial charge in [-0.3, -0.25) is 9.88 Å². The largest absolute Gasteiger partial charge is 0.329 e. The van der Waals surface area contributed by atoms with Crippen molar-refractivity contribution in [3.8, 4) is 0 Å². The van der Waals surface area contributed by atoms with Crippen molar-refractivity contribution in [1.82, 2.24) is 9.88 Å². The van der Waals surface area contributed by atoms with E-state index < -0.39 is 0 Å². The molecule has 0 saturated heterocycles. The fourth-order valence-corrected chi connectivity index (χ4v) is 3.71. The molecule has 0 bridgehead atoms. The molecule has 0 amide bonds. The van der Waals surface area contributed by atoms with E-state index in [2.05, 4.69) is 28.9 Å². The van der Waals surface area contributed by atoms with E-state index in [1.807, 2.05) is 12.4 Å². The molecule has 118 valence electrons. The number of nitrogens with zero attached hydrogens (tertiary/aromatic N) is 2. The molecular formula is C18H31N3. The number of hydrogen-bond donors (Lipinski definition) is 1. The molecule has 1 aromatic heterocycles. The molecular weight excluding hydrogens is 258 g/mol. The van der Waals surface area contributed by atoms with Crippen LogP contribution in [0.1, 0.15) is 57.4 Å². The second-order valence-corrected chi connectivity index (χ2v) is 6.44. The lowest BCUT2D eigenvalue weighted by Crippen LogP contribution is -2.54. The zero-order valence-electron chi connectivity index (χ0n) is 13.6. The zero-order chi connectivity index (χ0) is 15.0. The third kappa shape index (κ3) is 4.52. The van der Waals surface area contributed by atoms with Crippen molar-refractivity contribution in [3.05, 3.63) is 30.1 Å². The quantitative estimate of drug-likeness (QED) is 0.782. The highest BCUT2D eigenvalue weighted by Crippen LogP contribution is 2.32. The van der Waals surface area contributed by atoms with E-state index in [-0.39, 0.29) is 5.54 Å². The predicted molar refractivity (Wildman–Crippen MR) is 89.3 cm³/mol. The topological polar surface area (TPSA) is 42.2 Å². The van der Waals surface area contributed by atoms with Crippen LogP contribution in [0, 0.1) is 0 Å². The second-order valence-electron chi connectivity index (χ2n) is 6.44. The SMILES string of the molecule is CCCN(CCc1ccncc1)C1(CN)CCCCCC1. The molecule has 0 spiro atoms. The van der Waals surface area contributed by atoms with Gasteiger partial charge in [0.1, 0.15) is 0 Å². The van der Waals surface area contributed by atoms with Gasteiger partial charge in [-0.05, 0) is 49.9 Å². The highest BCUT2D eigenvalue weighted by molar-refractivity contribution is 5.10. The first-order valence-corrected chi connectivity index (χ1v) is 8.65. The fraction of sp³-hybridized carbons (Fsp3) is 0.722. The Morgan fingerprint density at radius 2 is 1.76 bits per heavy atom. The first kappa shape index (κ1) is 16.4. The van der Waals surface area contributed by atoms with Crippen molar-refractivity contribution >= 4 is 0 Å². The Labute approximate surface area is 129 Å². The van der Waals surface area contributed by atoms with Crippen LogP contribution >= 0.6 is 0 Å². The van der Waals surface area contributed by atoms with E-state index in [1.54, 1.807) is 0 Å². The monoisotopic (exact) mass is 289 g/mol. The van der Waals surface area contributed by atoms with Crippen molar-refractivity contribution < 1.29 is 0 Å². The Morgan fingerprint density at radius 3 is 2.33 bits per heavy atom. The van der Waals surface area contributed by atoms with E-state index in [4.69, 9.17) is 5.73 Å². The molecule has 1 aliphatic carbocycles. The minimum Gasteiger partial charge on any atom is -0.329 e. The molecule has 0 aliphatic heterocycles. The summed E-state index contributed by atoms with van der Waals surface area (Å²) in [6.07, 6.45) is 14.1. The molecule has 3 nitrogen and oxygen atoms in total. The number of hydrogen-bond acceptors (Lipinski definition) is 3.